The van der Waals surface area contributed by atoms with E-state index < -0.39 is 181 Å². The molecule has 0 spiro atoms. The quantitative estimate of drug-likeness (QED) is 0.0432. The van der Waals surface area contributed by atoms with Crippen molar-refractivity contribution in [1.82, 2.24) is 0 Å². The number of carboxylic acid groups (broad SMARTS) is 1. The fourth-order valence-electron chi connectivity index (χ4n) is 16.5. The molecule has 0 aromatic rings. The second kappa shape index (κ2) is 22.6. The van der Waals surface area contributed by atoms with Crippen LogP contribution in [-0.2, 0) is 57.0 Å². The van der Waals surface area contributed by atoms with Gasteiger partial charge in [0.25, 0.3) is 0 Å². The summed E-state index contributed by atoms with van der Waals surface area (Å²) in [4.78, 5) is 38.4. The van der Waals surface area contributed by atoms with Gasteiger partial charge in [-0.1, -0.05) is 53.2 Å². The van der Waals surface area contributed by atoms with Crippen molar-refractivity contribution in [3.05, 3.63) is 11.6 Å². The summed E-state index contributed by atoms with van der Waals surface area (Å²) in [6, 6.07) is 0. The van der Waals surface area contributed by atoms with Gasteiger partial charge in [-0.2, -0.15) is 0 Å². The largest absolute Gasteiger partial charge is 2.00 e. The van der Waals surface area contributed by atoms with Gasteiger partial charge in [0.1, 0.15) is 73.8 Å². The first kappa shape index (κ1) is 62.8. The number of fused-ring (bicyclic) bond motifs is 7. The van der Waals surface area contributed by atoms with Crippen LogP contribution in [0.25, 0.3) is 0 Å². The topological polar surface area (TPSA) is 357 Å². The first-order chi connectivity index (χ1) is 36.0. The molecule has 23 nitrogen and oxygen atoms in total. The number of aliphatic hydroxyl groups is 10. The normalized spacial score (nSPS) is 51.0. The van der Waals surface area contributed by atoms with E-state index in [2.05, 4.69) is 40.7 Å². The number of hydrogen-bond acceptors (Lipinski definition) is 22. The third-order valence-corrected chi connectivity index (χ3v) is 21.3. The Balaban J connectivity index is 0.00000803. The van der Waals surface area contributed by atoms with E-state index in [0.717, 1.165) is 0 Å². The van der Waals surface area contributed by atoms with Gasteiger partial charge in [0.2, 0.25) is 0 Å². The average molecular weight is 1140 g/mol. The van der Waals surface area contributed by atoms with Crippen LogP contribution in [0, 0.1) is 56.2 Å². The van der Waals surface area contributed by atoms with E-state index in [1.165, 1.54) is 12.5 Å². The maximum Gasteiger partial charge on any atom is 2.00 e. The van der Waals surface area contributed by atoms with Gasteiger partial charge >= 0.3 is 55.6 Å². The van der Waals surface area contributed by atoms with Crippen molar-refractivity contribution in [2.45, 2.75) is 224 Å². The van der Waals surface area contributed by atoms with E-state index in [4.69, 9.17) is 42.6 Å². The number of esters is 2. The van der Waals surface area contributed by atoms with Crippen LogP contribution in [0.2, 0.25) is 0 Å². The molecule has 78 heavy (non-hydrogen) atoms. The first-order valence-electron chi connectivity index (χ1n) is 27.4. The maximum atomic E-state index is 13.6. The van der Waals surface area contributed by atoms with E-state index in [0.29, 0.717) is 44.9 Å². The predicted molar refractivity (Wildman–Crippen MR) is 267 cm³/mol. The van der Waals surface area contributed by atoms with Crippen molar-refractivity contribution in [3.63, 3.8) is 0 Å². The molecule has 9 rings (SSSR count). The molecule has 0 aromatic carbocycles. The number of hydrogen-bond donors (Lipinski definition) is 11. The number of carbonyl (C=O) groups excluding carboxylic acids is 2. The Hall–Kier alpha value is -1.27. The van der Waals surface area contributed by atoms with E-state index >= 15 is 0 Å². The van der Waals surface area contributed by atoms with Crippen molar-refractivity contribution in [3.8, 4) is 0 Å². The van der Waals surface area contributed by atoms with Crippen LogP contribution in [0.15, 0.2) is 11.6 Å². The Morgan fingerprint density at radius 1 is 0.756 bits per heavy atom. The summed E-state index contributed by atoms with van der Waals surface area (Å²) < 4.78 is 54.3. The summed E-state index contributed by atoms with van der Waals surface area (Å²) in [5, 5.41) is 120. The number of ether oxygens (including phenoxy) is 9. The van der Waals surface area contributed by atoms with Crippen molar-refractivity contribution >= 4 is 55.6 Å². The van der Waals surface area contributed by atoms with E-state index in [1.54, 1.807) is 13.8 Å². The fraction of sp³-hybridized carbons (Fsp3) is 0.907. The van der Waals surface area contributed by atoms with Crippen molar-refractivity contribution in [2.24, 2.45) is 56.2 Å². The van der Waals surface area contributed by atoms with Crippen LogP contribution in [0.3, 0.4) is 0 Å². The zero-order chi connectivity index (χ0) is 56.4. The van der Waals surface area contributed by atoms with Gasteiger partial charge in [-0.3, -0.25) is 9.59 Å². The van der Waals surface area contributed by atoms with Gasteiger partial charge in [-0.25, -0.2) is 4.79 Å². The molecule has 5 aliphatic carbocycles. The molecule has 8 fully saturated rings. The van der Waals surface area contributed by atoms with Gasteiger partial charge in [-0.05, 0) is 98.2 Å². The standard InChI is InChI=1S/C54H84O23.Ca/c1-22(23(2)71-24(3)57)45(68)70-21-54-26-16-49(4,5)43(42(54)65)73-32(54)17-53(9)25(26)10-11-30-50(6)14-13-31(51(7,20-56)29(50)12-15-52(30,53)8)74-48-40(76-46-36(62)33(59)27(58)19-69-46)38(64)39(41(77-48)44(66)67)75-47-37(63)35(61)34(60)28(18-55)72-47;/h10,22-23,26-43,46-48,55-56,58-65H,11-21H2,1-9H3,(H,66,67);/q;+2/t22?,23?,26?,27-,28+,29?,30?,31-,32-,33+,34+,35-,36-,37+,38-,39?,40+,41-,42+,43-,46+,47+,48+,50-,51+,52+,53+,54-;/m0./s1. The molecule has 11 N–H and O–H groups in total. The zero-order valence-corrected chi connectivity index (χ0v) is 48.4. The molecule has 28 atom stereocenters. The van der Waals surface area contributed by atoms with Crippen LogP contribution in [0.4, 0.5) is 0 Å². The summed E-state index contributed by atoms with van der Waals surface area (Å²) >= 11 is 0. The number of allylic oxidation sites excluding steroid dienone is 2. The number of carboxylic acids is 1. The SMILES string of the molecule is CC(=O)OC(C)C(C)C(=O)OC[C@]12C3CC(C)(C)[C@@H](O[C@H]1C[C@]1(C)C3=CCC3[C@@]4(C)CC[C@H](O[C@@H]5O[C@H](C(=O)O)C(O[C@H]6O[C@H](CO)[C@@H](O)[C@H](O)[C@H]6O)[C@H](O)[C@H]5O[C@H]5OC[C@H](O)[C@@H](O)[C@@H]5O)[C@](C)(CO)C4CC[C@]31C)[C@H]2O.[Ca+2]. The minimum Gasteiger partial charge on any atom is -0.479 e. The van der Waals surface area contributed by atoms with Crippen LogP contribution in [-0.4, -0.2) is 255 Å². The molecule has 4 saturated carbocycles. The molecule has 2 bridgehead atoms. The van der Waals surface area contributed by atoms with Crippen molar-refractivity contribution in [2.75, 3.05) is 26.4 Å². The Labute approximate surface area is 484 Å². The number of carbonyl (C=O) groups is 3. The third kappa shape index (κ3) is 9.88. The Bertz CT molecular complexity index is 2240. The minimum atomic E-state index is -2.09. The van der Waals surface area contributed by atoms with E-state index in [9.17, 15) is 70.6 Å². The van der Waals surface area contributed by atoms with Crippen LogP contribution >= 0.6 is 0 Å². The first-order valence-corrected chi connectivity index (χ1v) is 27.4. The molecule has 0 radical (unpaired) electrons. The van der Waals surface area contributed by atoms with E-state index in [-0.39, 0.29) is 74.1 Å². The molecule has 4 heterocycles. The molecule has 6 unspecified atom stereocenters. The molecular weight excluding hydrogens is 1060 g/mol. The van der Waals surface area contributed by atoms with Gasteiger partial charge in [0, 0.05) is 12.3 Å². The molecule has 4 saturated heterocycles. The summed E-state index contributed by atoms with van der Waals surface area (Å²) in [6.45, 7) is 15.8. The second-order valence-electron chi connectivity index (χ2n) is 25.8. The van der Waals surface area contributed by atoms with Gasteiger partial charge < -0.3 is 98.8 Å². The predicted octanol–water partition coefficient (Wildman–Crippen LogP) is -0.966. The molecule has 0 amide bonds. The second-order valence-corrected chi connectivity index (χ2v) is 25.8. The van der Waals surface area contributed by atoms with E-state index in [1.807, 2.05) is 6.92 Å². The van der Waals surface area contributed by atoms with Crippen LogP contribution in [0.5, 0.6) is 0 Å². The maximum absolute atomic E-state index is 13.6. The monoisotopic (exact) mass is 1140 g/mol. The number of rotatable bonds is 14. The molecule has 4 aliphatic heterocycles. The molecule has 9 aliphatic rings. The Kier molecular flexibility index (Phi) is 18.2. The average Bonchev–Trinajstić information content (AvgIpc) is 3.60. The van der Waals surface area contributed by atoms with Crippen molar-refractivity contribution < 1.29 is 113 Å². The summed E-state index contributed by atoms with van der Waals surface area (Å²) in [6.07, 6.45) is -22.8. The number of aliphatic carboxylic acids is 1. The fourth-order valence-corrected chi connectivity index (χ4v) is 16.5. The molecule has 0 aromatic heterocycles. The van der Waals surface area contributed by atoms with Gasteiger partial charge in [0.05, 0.1) is 55.6 Å². The third-order valence-electron chi connectivity index (χ3n) is 21.3. The summed E-state index contributed by atoms with van der Waals surface area (Å²) in [5.41, 5.74) is -2.40. The Morgan fingerprint density at radius 2 is 1.42 bits per heavy atom. The summed E-state index contributed by atoms with van der Waals surface area (Å²) in [5.74, 6) is -3.82. The number of aliphatic hydroxyl groups excluding tert-OH is 10. The van der Waals surface area contributed by atoms with Gasteiger partial charge in [0.15, 0.2) is 25.0 Å². The molecule has 438 valence electrons. The summed E-state index contributed by atoms with van der Waals surface area (Å²) in [7, 11) is 0. The smallest absolute Gasteiger partial charge is 0.479 e. The zero-order valence-electron chi connectivity index (χ0n) is 46.2. The van der Waals surface area contributed by atoms with Crippen molar-refractivity contribution in [1.29, 1.82) is 0 Å². The molecule has 24 heteroatoms. The molecular formula is C54H84CaO23+2. The minimum absolute atomic E-state index is 0. The van der Waals surface area contributed by atoms with Crippen LogP contribution < -0.4 is 0 Å². The van der Waals surface area contributed by atoms with Gasteiger partial charge in [-0.15, -0.1) is 0 Å². The van der Waals surface area contributed by atoms with Crippen LogP contribution in [0.1, 0.15) is 107 Å². The Morgan fingerprint density at radius 3 is 2.06 bits per heavy atom.